The fourth-order valence-electron chi connectivity index (χ4n) is 1.97. The zero-order chi connectivity index (χ0) is 17.7. The number of fused-ring (bicyclic) bond motifs is 1. The Morgan fingerprint density at radius 3 is 1.79 bits per heavy atom. The van der Waals surface area contributed by atoms with Crippen molar-refractivity contribution < 1.29 is 19.8 Å². The Balaban J connectivity index is 0.000000174. The van der Waals surface area contributed by atoms with Crippen LogP contribution in [0.2, 0.25) is 0 Å². The lowest BCUT2D eigenvalue weighted by Crippen LogP contribution is -2.21. The number of carboxylic acid groups (broad SMARTS) is 2. The zero-order valence-corrected chi connectivity index (χ0v) is 12.1. The summed E-state index contributed by atoms with van der Waals surface area (Å²) < 4.78 is 0. The topological polar surface area (TPSA) is 140 Å². The number of carbonyl (C=O) groups is 2. The molecule has 1 aromatic heterocycles. The summed E-state index contributed by atoms with van der Waals surface area (Å²) >= 11 is 0. The minimum absolute atomic E-state index is 0.190. The summed E-state index contributed by atoms with van der Waals surface area (Å²) in [5, 5.41) is 17.6. The van der Waals surface area contributed by atoms with Crippen LogP contribution in [0, 0.1) is 0 Å². The third kappa shape index (κ3) is 3.74. The van der Waals surface area contributed by atoms with Gasteiger partial charge in [0.25, 0.3) is 5.56 Å². The fourth-order valence-corrected chi connectivity index (χ4v) is 1.97. The number of aromatic nitrogens is 2. The molecule has 3 rings (SSSR count). The number of para-hydroxylation sites is 1. The van der Waals surface area contributed by atoms with E-state index in [1.54, 1.807) is 24.3 Å². The number of nitrogens with one attached hydrogen (secondary N) is 2. The highest BCUT2D eigenvalue weighted by atomic mass is 16.4. The summed E-state index contributed by atoms with van der Waals surface area (Å²) in [7, 11) is 0. The number of carboxylic acids is 2. The lowest BCUT2D eigenvalue weighted by molar-refractivity contribution is 0.0651. The van der Waals surface area contributed by atoms with E-state index in [0.717, 1.165) is 0 Å². The molecule has 0 amide bonds. The molecule has 24 heavy (non-hydrogen) atoms. The first-order chi connectivity index (χ1) is 11.4. The van der Waals surface area contributed by atoms with Crippen LogP contribution in [0.25, 0.3) is 10.9 Å². The van der Waals surface area contributed by atoms with Gasteiger partial charge in [-0.05, 0) is 24.3 Å². The van der Waals surface area contributed by atoms with Crippen LogP contribution in [0.3, 0.4) is 0 Å². The Kier molecular flexibility index (Phi) is 4.90. The lowest BCUT2D eigenvalue weighted by Gasteiger charge is -1.98. The zero-order valence-electron chi connectivity index (χ0n) is 12.1. The molecule has 0 spiro atoms. The van der Waals surface area contributed by atoms with Crippen molar-refractivity contribution in [1.29, 1.82) is 0 Å². The van der Waals surface area contributed by atoms with Gasteiger partial charge in [0.1, 0.15) is 0 Å². The number of H-pyrrole nitrogens is 2. The molecule has 1 heterocycles. The quantitative estimate of drug-likeness (QED) is 0.559. The molecule has 0 saturated heterocycles. The number of aromatic amines is 2. The van der Waals surface area contributed by atoms with E-state index in [2.05, 4.69) is 9.97 Å². The van der Waals surface area contributed by atoms with Crippen LogP contribution in [0.1, 0.15) is 20.7 Å². The van der Waals surface area contributed by atoms with E-state index in [1.165, 1.54) is 24.3 Å². The summed E-state index contributed by atoms with van der Waals surface area (Å²) in [5.41, 5.74) is -0.644. The normalized spacial score (nSPS) is 9.83. The van der Waals surface area contributed by atoms with Gasteiger partial charge in [0, 0.05) is 0 Å². The molecule has 0 aliphatic carbocycles. The Labute approximate surface area is 134 Å². The van der Waals surface area contributed by atoms with Crippen LogP contribution in [0.4, 0.5) is 0 Å². The van der Waals surface area contributed by atoms with Gasteiger partial charge in [0.2, 0.25) is 0 Å². The summed E-state index contributed by atoms with van der Waals surface area (Å²) in [4.78, 5) is 47.5. The molecule has 8 nitrogen and oxygen atoms in total. The van der Waals surface area contributed by atoms with Crippen LogP contribution < -0.4 is 11.2 Å². The molecule has 3 aromatic rings. The van der Waals surface area contributed by atoms with Crippen molar-refractivity contribution in [1.82, 2.24) is 9.97 Å². The van der Waals surface area contributed by atoms with Gasteiger partial charge in [0.15, 0.2) is 0 Å². The molecule has 122 valence electrons. The lowest BCUT2D eigenvalue weighted by atomic mass is 10.1. The van der Waals surface area contributed by atoms with Gasteiger partial charge >= 0.3 is 17.6 Å². The maximum absolute atomic E-state index is 11.1. The van der Waals surface area contributed by atoms with E-state index in [-0.39, 0.29) is 16.7 Å². The van der Waals surface area contributed by atoms with Gasteiger partial charge < -0.3 is 15.2 Å². The van der Waals surface area contributed by atoms with E-state index in [0.29, 0.717) is 10.9 Å². The minimum Gasteiger partial charge on any atom is -0.478 e. The summed E-state index contributed by atoms with van der Waals surface area (Å²) in [6.45, 7) is 0. The van der Waals surface area contributed by atoms with E-state index in [1.807, 2.05) is 0 Å². The standard InChI is InChI=1S/C8H6N2O2.C8H6O4/c11-7-5-3-1-2-4-6(5)9-8(12)10-7;9-7(10)5-3-1-2-4-6(5)8(11)12/h1-4H,(H2,9,10,11,12);1-4H,(H,9,10)(H,11,12). The first kappa shape index (κ1) is 16.7. The summed E-state index contributed by atoms with van der Waals surface area (Å²) in [5.74, 6) is -2.46. The van der Waals surface area contributed by atoms with Gasteiger partial charge in [-0.25, -0.2) is 14.4 Å². The summed E-state index contributed by atoms with van der Waals surface area (Å²) in [6.07, 6.45) is 0. The average Bonchev–Trinajstić information content (AvgIpc) is 2.55. The molecule has 8 heteroatoms. The minimum atomic E-state index is -1.23. The molecule has 0 radical (unpaired) electrons. The van der Waals surface area contributed by atoms with Gasteiger partial charge in [-0.2, -0.15) is 0 Å². The third-order valence-corrected chi connectivity index (χ3v) is 3.03. The van der Waals surface area contributed by atoms with Crippen LogP contribution in [-0.2, 0) is 0 Å². The van der Waals surface area contributed by atoms with Crippen molar-refractivity contribution in [2.75, 3.05) is 0 Å². The van der Waals surface area contributed by atoms with Crippen molar-refractivity contribution in [3.05, 3.63) is 80.5 Å². The second-order valence-electron chi connectivity index (χ2n) is 4.61. The largest absolute Gasteiger partial charge is 0.478 e. The molecule has 0 aliphatic rings. The van der Waals surface area contributed by atoms with Crippen LogP contribution in [0.15, 0.2) is 58.1 Å². The van der Waals surface area contributed by atoms with Crippen LogP contribution in [-0.4, -0.2) is 32.1 Å². The average molecular weight is 328 g/mol. The molecular formula is C16H12N2O6. The Morgan fingerprint density at radius 1 is 0.750 bits per heavy atom. The Hall–Kier alpha value is -3.68. The van der Waals surface area contributed by atoms with E-state index in [4.69, 9.17) is 10.2 Å². The van der Waals surface area contributed by atoms with E-state index < -0.39 is 17.6 Å². The second-order valence-corrected chi connectivity index (χ2v) is 4.61. The molecule has 0 aliphatic heterocycles. The van der Waals surface area contributed by atoms with Crippen molar-refractivity contribution in [2.45, 2.75) is 0 Å². The molecule has 2 aromatic carbocycles. The van der Waals surface area contributed by atoms with Gasteiger partial charge in [-0.1, -0.05) is 24.3 Å². The van der Waals surface area contributed by atoms with E-state index in [9.17, 15) is 19.2 Å². The third-order valence-electron chi connectivity index (χ3n) is 3.03. The number of hydrogen-bond acceptors (Lipinski definition) is 4. The van der Waals surface area contributed by atoms with Crippen molar-refractivity contribution in [3.63, 3.8) is 0 Å². The number of rotatable bonds is 2. The molecular weight excluding hydrogens is 316 g/mol. The highest BCUT2D eigenvalue weighted by Gasteiger charge is 2.13. The first-order valence-corrected chi connectivity index (χ1v) is 6.67. The van der Waals surface area contributed by atoms with Gasteiger partial charge in [0.05, 0.1) is 22.0 Å². The fraction of sp³-hybridized carbons (Fsp3) is 0. The second kappa shape index (κ2) is 7.05. The highest BCUT2D eigenvalue weighted by Crippen LogP contribution is 2.07. The van der Waals surface area contributed by atoms with Crippen molar-refractivity contribution in [3.8, 4) is 0 Å². The maximum atomic E-state index is 11.1. The number of benzene rings is 2. The van der Waals surface area contributed by atoms with Crippen LogP contribution >= 0.6 is 0 Å². The SMILES string of the molecule is O=C(O)c1ccccc1C(=O)O.O=c1[nH]c(=O)c2ccccc2[nH]1. The molecule has 0 bridgehead atoms. The predicted molar refractivity (Wildman–Crippen MR) is 85.6 cm³/mol. The van der Waals surface area contributed by atoms with Crippen molar-refractivity contribution >= 4 is 22.8 Å². The molecule has 0 atom stereocenters. The molecule has 0 unspecified atom stereocenters. The first-order valence-electron chi connectivity index (χ1n) is 6.67. The smallest absolute Gasteiger partial charge is 0.336 e. The Morgan fingerprint density at radius 2 is 1.25 bits per heavy atom. The van der Waals surface area contributed by atoms with Crippen molar-refractivity contribution in [2.24, 2.45) is 0 Å². The molecule has 0 fully saturated rings. The van der Waals surface area contributed by atoms with E-state index >= 15 is 0 Å². The number of aromatic carboxylic acids is 2. The van der Waals surface area contributed by atoms with Gasteiger partial charge in [-0.3, -0.25) is 9.78 Å². The van der Waals surface area contributed by atoms with Crippen LogP contribution in [0.5, 0.6) is 0 Å². The molecule has 4 N–H and O–H groups in total. The predicted octanol–water partition coefficient (Wildman–Crippen LogP) is 1.30. The Bertz CT molecular complexity index is 985. The molecule has 0 saturated carbocycles. The number of hydrogen-bond donors (Lipinski definition) is 4. The van der Waals surface area contributed by atoms with Gasteiger partial charge in [-0.15, -0.1) is 0 Å². The highest BCUT2D eigenvalue weighted by molar-refractivity contribution is 6.01. The maximum Gasteiger partial charge on any atom is 0.336 e. The summed E-state index contributed by atoms with van der Waals surface area (Å²) in [6, 6.07) is 12.3. The monoisotopic (exact) mass is 328 g/mol.